The maximum absolute atomic E-state index is 11.5. The van der Waals surface area contributed by atoms with Gasteiger partial charge in [-0.3, -0.25) is 4.79 Å². The number of rotatable bonds is 3. The van der Waals surface area contributed by atoms with Crippen molar-refractivity contribution >= 4 is 16.7 Å². The first-order valence-electron chi connectivity index (χ1n) is 4.99. The number of hydrogen-bond donors (Lipinski definition) is 2. The van der Waals surface area contributed by atoms with Crippen LogP contribution in [0.3, 0.4) is 0 Å². The van der Waals surface area contributed by atoms with E-state index >= 15 is 0 Å². The fraction of sp³-hybridized carbons (Fsp3) is 0.250. The van der Waals surface area contributed by atoms with Gasteiger partial charge in [-0.2, -0.15) is 0 Å². The summed E-state index contributed by atoms with van der Waals surface area (Å²) in [6.07, 6.45) is 0. The Bertz CT molecular complexity index is 499. The van der Waals surface area contributed by atoms with Crippen LogP contribution in [0, 0.1) is 0 Å². The highest BCUT2D eigenvalue weighted by molar-refractivity contribution is 6.00. The van der Waals surface area contributed by atoms with Gasteiger partial charge in [0.2, 0.25) is 0 Å². The average Bonchev–Trinajstić information content (AvgIpc) is 2.58. The van der Waals surface area contributed by atoms with E-state index in [2.05, 4.69) is 10.3 Å². The van der Waals surface area contributed by atoms with Crippen LogP contribution < -0.4 is 5.32 Å². The molecule has 2 aromatic rings. The van der Waals surface area contributed by atoms with E-state index in [1.807, 2.05) is 31.3 Å². The molecule has 1 aromatic heterocycles. The summed E-state index contributed by atoms with van der Waals surface area (Å²) >= 11 is 0. The number of ketones is 1. The van der Waals surface area contributed by atoms with Gasteiger partial charge in [-0.25, -0.2) is 0 Å². The third kappa shape index (κ3) is 1.66. The largest absolute Gasteiger partial charge is 0.352 e. The molecule has 3 nitrogen and oxygen atoms in total. The van der Waals surface area contributed by atoms with Gasteiger partial charge in [0.1, 0.15) is 0 Å². The number of carbonyl (C=O) groups excluding carboxylic acids is 1. The number of aromatic amines is 1. The van der Waals surface area contributed by atoms with E-state index in [0.29, 0.717) is 12.2 Å². The molecule has 0 amide bonds. The van der Waals surface area contributed by atoms with Crippen molar-refractivity contribution < 1.29 is 4.79 Å². The van der Waals surface area contributed by atoms with Gasteiger partial charge in [-0.1, -0.05) is 18.2 Å². The molecule has 15 heavy (non-hydrogen) atoms. The molecule has 0 aliphatic carbocycles. The van der Waals surface area contributed by atoms with Gasteiger partial charge in [-0.15, -0.1) is 0 Å². The molecule has 0 saturated heterocycles. The lowest BCUT2D eigenvalue weighted by Crippen LogP contribution is -2.08. The second kappa shape index (κ2) is 3.87. The average molecular weight is 202 g/mol. The van der Waals surface area contributed by atoms with Crippen molar-refractivity contribution in [3.05, 3.63) is 35.5 Å². The number of Topliss-reactive ketones (excluding diaryl/α,β-unsaturated/α-hetero) is 1. The zero-order valence-electron chi connectivity index (χ0n) is 8.92. The molecule has 78 valence electrons. The van der Waals surface area contributed by atoms with Gasteiger partial charge in [-0.05, 0) is 13.1 Å². The Morgan fingerprint density at radius 3 is 2.80 bits per heavy atom. The number of para-hydroxylation sites is 1. The molecule has 0 spiro atoms. The minimum atomic E-state index is 0.0800. The molecule has 0 bridgehead atoms. The Labute approximate surface area is 88.5 Å². The number of carbonyl (C=O) groups is 1. The highest BCUT2D eigenvalue weighted by atomic mass is 16.1. The van der Waals surface area contributed by atoms with Crippen molar-refractivity contribution in [3.8, 4) is 0 Å². The normalized spacial score (nSPS) is 10.8. The van der Waals surface area contributed by atoms with Crippen LogP contribution in [0.1, 0.15) is 23.0 Å². The Morgan fingerprint density at radius 1 is 1.40 bits per heavy atom. The quantitative estimate of drug-likeness (QED) is 0.748. The van der Waals surface area contributed by atoms with E-state index < -0.39 is 0 Å². The minimum absolute atomic E-state index is 0.0800. The Morgan fingerprint density at radius 2 is 2.13 bits per heavy atom. The first-order chi connectivity index (χ1) is 7.24. The number of nitrogens with one attached hydrogen (secondary N) is 2. The summed E-state index contributed by atoms with van der Waals surface area (Å²) in [7, 11) is 1.88. The van der Waals surface area contributed by atoms with Gasteiger partial charge in [0.05, 0.1) is 5.69 Å². The van der Waals surface area contributed by atoms with E-state index in [-0.39, 0.29) is 5.78 Å². The molecule has 0 saturated carbocycles. The SMILES string of the molecule is CNCc1c(C(C)=O)[nH]c2ccccc12. The predicted molar refractivity (Wildman–Crippen MR) is 61.1 cm³/mol. The number of benzene rings is 1. The maximum atomic E-state index is 11.5. The Hall–Kier alpha value is -1.61. The second-order valence-electron chi connectivity index (χ2n) is 3.61. The Kier molecular flexibility index (Phi) is 2.56. The summed E-state index contributed by atoms with van der Waals surface area (Å²) < 4.78 is 0. The number of hydrogen-bond acceptors (Lipinski definition) is 2. The van der Waals surface area contributed by atoms with Crippen molar-refractivity contribution in [1.29, 1.82) is 0 Å². The summed E-state index contributed by atoms with van der Waals surface area (Å²) in [5.74, 6) is 0.0800. The van der Waals surface area contributed by atoms with E-state index in [0.717, 1.165) is 16.5 Å². The molecule has 0 fully saturated rings. The second-order valence-corrected chi connectivity index (χ2v) is 3.61. The molecule has 0 radical (unpaired) electrons. The fourth-order valence-corrected chi connectivity index (χ4v) is 1.86. The van der Waals surface area contributed by atoms with Crippen molar-refractivity contribution in [1.82, 2.24) is 10.3 Å². The van der Waals surface area contributed by atoms with E-state index in [1.165, 1.54) is 0 Å². The van der Waals surface area contributed by atoms with Crippen LogP contribution in [0.15, 0.2) is 24.3 Å². The third-order valence-corrected chi connectivity index (χ3v) is 2.52. The van der Waals surface area contributed by atoms with Crippen LogP contribution in [0.5, 0.6) is 0 Å². The zero-order valence-corrected chi connectivity index (χ0v) is 8.92. The highest BCUT2D eigenvalue weighted by Crippen LogP contribution is 2.22. The van der Waals surface area contributed by atoms with Gasteiger partial charge >= 0.3 is 0 Å². The molecule has 0 atom stereocenters. The molecular formula is C12H14N2O. The standard InChI is InChI=1S/C12H14N2O/c1-8(15)12-10(7-13-2)9-5-3-4-6-11(9)14-12/h3-6,13-14H,7H2,1-2H3. The smallest absolute Gasteiger partial charge is 0.176 e. The van der Waals surface area contributed by atoms with Crippen LogP contribution in [-0.2, 0) is 6.54 Å². The van der Waals surface area contributed by atoms with E-state index in [1.54, 1.807) is 6.92 Å². The number of fused-ring (bicyclic) bond motifs is 1. The summed E-state index contributed by atoms with van der Waals surface area (Å²) in [6.45, 7) is 2.29. The van der Waals surface area contributed by atoms with Crippen LogP contribution in [0.25, 0.3) is 10.9 Å². The highest BCUT2D eigenvalue weighted by Gasteiger charge is 2.13. The molecular weight excluding hydrogens is 188 g/mol. The topological polar surface area (TPSA) is 44.9 Å². The molecule has 1 heterocycles. The first-order valence-corrected chi connectivity index (χ1v) is 4.99. The van der Waals surface area contributed by atoms with E-state index in [4.69, 9.17) is 0 Å². The summed E-state index contributed by atoms with van der Waals surface area (Å²) in [5, 5.41) is 4.21. The van der Waals surface area contributed by atoms with Crippen molar-refractivity contribution in [2.45, 2.75) is 13.5 Å². The van der Waals surface area contributed by atoms with Crippen molar-refractivity contribution in [2.24, 2.45) is 0 Å². The summed E-state index contributed by atoms with van der Waals surface area (Å²) in [4.78, 5) is 14.6. The predicted octanol–water partition coefficient (Wildman–Crippen LogP) is 2.09. The third-order valence-electron chi connectivity index (χ3n) is 2.52. The molecule has 0 aliphatic rings. The van der Waals surface area contributed by atoms with Crippen LogP contribution in [-0.4, -0.2) is 17.8 Å². The Balaban J connectivity index is 2.68. The molecule has 0 aliphatic heterocycles. The fourth-order valence-electron chi connectivity index (χ4n) is 1.86. The van der Waals surface area contributed by atoms with Crippen molar-refractivity contribution in [3.63, 3.8) is 0 Å². The van der Waals surface area contributed by atoms with Gasteiger partial charge in [0.15, 0.2) is 5.78 Å². The van der Waals surface area contributed by atoms with Crippen molar-refractivity contribution in [2.75, 3.05) is 7.05 Å². The van der Waals surface area contributed by atoms with Gasteiger partial charge in [0, 0.05) is 29.9 Å². The van der Waals surface area contributed by atoms with Gasteiger partial charge < -0.3 is 10.3 Å². The summed E-state index contributed by atoms with van der Waals surface area (Å²) in [6, 6.07) is 7.97. The number of H-pyrrole nitrogens is 1. The molecule has 0 unspecified atom stereocenters. The lowest BCUT2D eigenvalue weighted by Gasteiger charge is -2.00. The van der Waals surface area contributed by atoms with E-state index in [9.17, 15) is 4.79 Å². The molecule has 2 rings (SSSR count). The zero-order chi connectivity index (χ0) is 10.8. The first kappa shape index (κ1) is 9.93. The van der Waals surface area contributed by atoms with Crippen LogP contribution in [0.2, 0.25) is 0 Å². The molecule has 3 heteroatoms. The summed E-state index contributed by atoms with van der Waals surface area (Å²) in [5.41, 5.74) is 2.79. The lowest BCUT2D eigenvalue weighted by molar-refractivity contribution is 0.101. The molecule has 1 aromatic carbocycles. The van der Waals surface area contributed by atoms with Gasteiger partial charge in [0.25, 0.3) is 0 Å². The number of aromatic nitrogens is 1. The van der Waals surface area contributed by atoms with Crippen LogP contribution in [0.4, 0.5) is 0 Å². The monoisotopic (exact) mass is 202 g/mol. The minimum Gasteiger partial charge on any atom is -0.352 e. The molecule has 2 N–H and O–H groups in total. The van der Waals surface area contributed by atoms with Crippen LogP contribution >= 0.6 is 0 Å². The lowest BCUT2D eigenvalue weighted by atomic mass is 10.1. The maximum Gasteiger partial charge on any atom is 0.176 e.